The molecular formula is C12H15Cl2NO3. The number of ether oxygens (including phenoxy) is 2. The third kappa shape index (κ3) is 4.37. The van der Waals surface area contributed by atoms with E-state index < -0.39 is 5.97 Å². The van der Waals surface area contributed by atoms with E-state index in [0.29, 0.717) is 18.2 Å². The SMILES string of the molecule is CCCOCCOC(=O)c1cc(Cl)cc(Cl)c1N. The molecule has 2 N–H and O–H groups in total. The first kappa shape index (κ1) is 15.1. The Morgan fingerprint density at radius 2 is 2.00 bits per heavy atom. The molecule has 18 heavy (non-hydrogen) atoms. The molecule has 0 heterocycles. The maximum atomic E-state index is 11.7. The standard InChI is InChI=1S/C12H15Cl2NO3/c1-2-3-17-4-5-18-12(16)9-6-8(13)7-10(14)11(9)15/h6-7H,2-5,15H2,1H3. The maximum absolute atomic E-state index is 11.7. The highest BCUT2D eigenvalue weighted by atomic mass is 35.5. The molecule has 0 aliphatic heterocycles. The van der Waals surface area contributed by atoms with Crippen molar-refractivity contribution in [1.82, 2.24) is 0 Å². The lowest BCUT2D eigenvalue weighted by Gasteiger charge is -2.09. The second-order valence-corrected chi connectivity index (χ2v) is 4.44. The number of hydrogen-bond acceptors (Lipinski definition) is 4. The second kappa shape index (κ2) is 7.46. The van der Waals surface area contributed by atoms with E-state index in [1.807, 2.05) is 6.92 Å². The number of carbonyl (C=O) groups excluding carboxylic acids is 1. The highest BCUT2D eigenvalue weighted by molar-refractivity contribution is 6.37. The van der Waals surface area contributed by atoms with Gasteiger partial charge < -0.3 is 15.2 Å². The van der Waals surface area contributed by atoms with Crippen molar-refractivity contribution in [2.45, 2.75) is 13.3 Å². The number of halogens is 2. The fraction of sp³-hybridized carbons (Fsp3) is 0.417. The van der Waals surface area contributed by atoms with Crippen LogP contribution in [0.2, 0.25) is 10.0 Å². The quantitative estimate of drug-likeness (QED) is 0.497. The molecule has 4 nitrogen and oxygen atoms in total. The summed E-state index contributed by atoms with van der Waals surface area (Å²) in [5.74, 6) is -0.558. The summed E-state index contributed by atoms with van der Waals surface area (Å²) in [7, 11) is 0. The molecule has 0 radical (unpaired) electrons. The average molecular weight is 292 g/mol. The highest BCUT2D eigenvalue weighted by Crippen LogP contribution is 2.27. The topological polar surface area (TPSA) is 61.5 Å². The van der Waals surface area contributed by atoms with E-state index in [1.54, 1.807) is 0 Å². The molecule has 0 unspecified atom stereocenters. The van der Waals surface area contributed by atoms with E-state index in [0.717, 1.165) is 6.42 Å². The Labute approximate surface area is 116 Å². The van der Waals surface area contributed by atoms with E-state index in [2.05, 4.69) is 0 Å². The Hall–Kier alpha value is -0.970. The second-order valence-electron chi connectivity index (χ2n) is 3.60. The summed E-state index contributed by atoms with van der Waals surface area (Å²) < 4.78 is 10.2. The molecular weight excluding hydrogens is 277 g/mol. The molecule has 6 heteroatoms. The molecule has 0 saturated carbocycles. The van der Waals surface area contributed by atoms with E-state index in [9.17, 15) is 4.79 Å². The van der Waals surface area contributed by atoms with Crippen molar-refractivity contribution in [2.75, 3.05) is 25.6 Å². The first-order valence-corrected chi connectivity index (χ1v) is 6.31. The summed E-state index contributed by atoms with van der Waals surface area (Å²) in [5.41, 5.74) is 6.02. The van der Waals surface area contributed by atoms with Gasteiger partial charge in [-0.25, -0.2) is 4.79 Å². The van der Waals surface area contributed by atoms with Crippen LogP contribution in [0, 0.1) is 0 Å². The summed E-state index contributed by atoms with van der Waals surface area (Å²) >= 11 is 11.6. The van der Waals surface area contributed by atoms with Gasteiger partial charge in [0.25, 0.3) is 0 Å². The van der Waals surface area contributed by atoms with Crippen LogP contribution in [-0.4, -0.2) is 25.8 Å². The Morgan fingerprint density at radius 1 is 1.28 bits per heavy atom. The van der Waals surface area contributed by atoms with Gasteiger partial charge in [-0.2, -0.15) is 0 Å². The van der Waals surface area contributed by atoms with Crippen LogP contribution in [0.25, 0.3) is 0 Å². The zero-order chi connectivity index (χ0) is 13.5. The number of esters is 1. The largest absolute Gasteiger partial charge is 0.460 e. The predicted molar refractivity (Wildman–Crippen MR) is 72.3 cm³/mol. The van der Waals surface area contributed by atoms with Gasteiger partial charge in [0.15, 0.2) is 0 Å². The van der Waals surface area contributed by atoms with Crippen molar-refractivity contribution in [3.63, 3.8) is 0 Å². The Bertz CT molecular complexity index is 424. The van der Waals surface area contributed by atoms with Crippen LogP contribution in [0.3, 0.4) is 0 Å². The van der Waals surface area contributed by atoms with Gasteiger partial charge >= 0.3 is 5.97 Å². The molecule has 100 valence electrons. The molecule has 0 fully saturated rings. The molecule has 0 aliphatic rings. The first-order chi connectivity index (χ1) is 8.56. The number of rotatable bonds is 6. The minimum Gasteiger partial charge on any atom is -0.460 e. The summed E-state index contributed by atoms with van der Waals surface area (Å²) in [6, 6.07) is 2.90. The molecule has 1 aromatic carbocycles. The van der Waals surface area contributed by atoms with E-state index >= 15 is 0 Å². The summed E-state index contributed by atoms with van der Waals surface area (Å²) in [6.07, 6.45) is 0.921. The van der Waals surface area contributed by atoms with Crippen LogP contribution in [-0.2, 0) is 9.47 Å². The van der Waals surface area contributed by atoms with Crippen molar-refractivity contribution < 1.29 is 14.3 Å². The lowest BCUT2D eigenvalue weighted by molar-refractivity contribution is 0.0319. The normalized spacial score (nSPS) is 10.4. The monoisotopic (exact) mass is 291 g/mol. The number of carbonyl (C=O) groups is 1. The number of benzene rings is 1. The Balaban J connectivity index is 2.56. The van der Waals surface area contributed by atoms with Crippen molar-refractivity contribution in [3.05, 3.63) is 27.7 Å². The van der Waals surface area contributed by atoms with Crippen molar-refractivity contribution in [2.24, 2.45) is 0 Å². The molecule has 0 amide bonds. The molecule has 0 spiro atoms. The first-order valence-electron chi connectivity index (χ1n) is 5.55. The lowest BCUT2D eigenvalue weighted by atomic mass is 10.2. The van der Waals surface area contributed by atoms with Crippen LogP contribution in [0.1, 0.15) is 23.7 Å². The molecule has 0 saturated heterocycles. The van der Waals surface area contributed by atoms with Gasteiger partial charge in [0, 0.05) is 11.6 Å². The molecule has 0 bridgehead atoms. The van der Waals surface area contributed by atoms with Crippen molar-refractivity contribution in [3.8, 4) is 0 Å². The third-order valence-corrected chi connectivity index (χ3v) is 2.65. The van der Waals surface area contributed by atoms with Gasteiger partial charge in [0.2, 0.25) is 0 Å². The van der Waals surface area contributed by atoms with Gasteiger partial charge in [0.1, 0.15) is 6.61 Å². The van der Waals surface area contributed by atoms with Gasteiger partial charge in [-0.3, -0.25) is 0 Å². The summed E-state index contributed by atoms with van der Waals surface area (Å²) in [4.78, 5) is 11.7. The maximum Gasteiger partial charge on any atom is 0.340 e. The molecule has 0 atom stereocenters. The lowest BCUT2D eigenvalue weighted by Crippen LogP contribution is -2.13. The Kier molecular flexibility index (Phi) is 6.25. The average Bonchev–Trinajstić information content (AvgIpc) is 2.33. The smallest absolute Gasteiger partial charge is 0.340 e. The highest BCUT2D eigenvalue weighted by Gasteiger charge is 2.14. The number of hydrogen-bond donors (Lipinski definition) is 1. The van der Waals surface area contributed by atoms with E-state index in [4.69, 9.17) is 38.4 Å². The van der Waals surface area contributed by atoms with Gasteiger partial charge in [0.05, 0.1) is 22.9 Å². The van der Waals surface area contributed by atoms with Gasteiger partial charge in [-0.15, -0.1) is 0 Å². The molecule has 0 aromatic heterocycles. The van der Waals surface area contributed by atoms with Crippen molar-refractivity contribution in [1.29, 1.82) is 0 Å². The third-order valence-electron chi connectivity index (χ3n) is 2.12. The minimum absolute atomic E-state index is 0.167. The molecule has 1 aromatic rings. The minimum atomic E-state index is -0.558. The Morgan fingerprint density at radius 3 is 2.67 bits per heavy atom. The summed E-state index contributed by atoms with van der Waals surface area (Å²) in [6.45, 7) is 3.17. The predicted octanol–water partition coefficient (Wildman–Crippen LogP) is 3.16. The fourth-order valence-corrected chi connectivity index (χ4v) is 1.76. The number of nitrogen functional groups attached to an aromatic ring is 1. The zero-order valence-corrected chi connectivity index (χ0v) is 11.6. The number of anilines is 1. The fourth-order valence-electron chi connectivity index (χ4n) is 1.27. The van der Waals surface area contributed by atoms with Gasteiger partial charge in [-0.1, -0.05) is 30.1 Å². The van der Waals surface area contributed by atoms with Crippen LogP contribution in [0.5, 0.6) is 0 Å². The molecule has 1 rings (SSSR count). The summed E-state index contributed by atoms with van der Waals surface area (Å²) in [5, 5.41) is 0.570. The molecule has 0 aliphatic carbocycles. The van der Waals surface area contributed by atoms with Gasteiger partial charge in [-0.05, 0) is 18.6 Å². The van der Waals surface area contributed by atoms with E-state index in [-0.39, 0.29) is 22.9 Å². The van der Waals surface area contributed by atoms with Crippen LogP contribution < -0.4 is 5.73 Å². The zero-order valence-electron chi connectivity index (χ0n) is 10.0. The van der Waals surface area contributed by atoms with Crippen LogP contribution in [0.4, 0.5) is 5.69 Å². The number of nitrogens with two attached hydrogens (primary N) is 1. The van der Waals surface area contributed by atoms with Crippen molar-refractivity contribution >= 4 is 34.9 Å². The van der Waals surface area contributed by atoms with Crippen LogP contribution >= 0.6 is 23.2 Å². The van der Waals surface area contributed by atoms with E-state index in [1.165, 1.54) is 12.1 Å². The van der Waals surface area contributed by atoms with Crippen LogP contribution in [0.15, 0.2) is 12.1 Å².